The molecule has 0 N–H and O–H groups in total. The molecule has 0 amide bonds. The second-order valence-corrected chi connectivity index (χ2v) is 3.68. The van der Waals surface area contributed by atoms with E-state index in [0.717, 1.165) is 13.2 Å². The van der Waals surface area contributed by atoms with Crippen LogP contribution in [-0.4, -0.2) is 19.7 Å². The van der Waals surface area contributed by atoms with Gasteiger partial charge in [0.2, 0.25) is 0 Å². The summed E-state index contributed by atoms with van der Waals surface area (Å²) in [6.45, 7) is -3.09. The highest BCUT2D eigenvalue weighted by Gasteiger charge is 2.19. The van der Waals surface area contributed by atoms with Crippen LogP contribution in [0.4, 0.5) is 8.78 Å². The number of alkyl halides is 3. The number of methoxy groups -OCH3 is 1. The predicted molar refractivity (Wildman–Crippen MR) is 61.8 cm³/mol. The van der Waals surface area contributed by atoms with Crippen LogP contribution >= 0.6 is 15.9 Å². The number of carbonyl (C=O) groups excluding carboxylic acids is 1. The Balaban J connectivity index is 3.36. The molecular formula is C11H8BrF2NO3. The van der Waals surface area contributed by atoms with Crippen LogP contribution in [0.2, 0.25) is 0 Å². The lowest BCUT2D eigenvalue weighted by atomic mass is 10.0. The Hall–Kier alpha value is -1.68. The number of hydrogen-bond donors (Lipinski definition) is 0. The minimum absolute atomic E-state index is 0.147. The molecule has 1 aromatic rings. The van der Waals surface area contributed by atoms with E-state index >= 15 is 0 Å². The van der Waals surface area contributed by atoms with E-state index in [1.54, 1.807) is 0 Å². The highest BCUT2D eigenvalue weighted by atomic mass is 79.9. The molecule has 0 bridgehead atoms. The van der Waals surface area contributed by atoms with Gasteiger partial charge in [0.25, 0.3) is 0 Å². The van der Waals surface area contributed by atoms with Crippen molar-refractivity contribution >= 4 is 21.9 Å². The number of ether oxygens (including phenoxy) is 2. The molecule has 0 saturated carbocycles. The maximum absolute atomic E-state index is 12.2. The largest absolute Gasteiger partial charge is 0.465 e. The summed E-state index contributed by atoms with van der Waals surface area (Å²) in [6, 6.07) is 4.22. The van der Waals surface area contributed by atoms with E-state index in [1.807, 2.05) is 6.07 Å². The van der Waals surface area contributed by atoms with Gasteiger partial charge in [-0.25, -0.2) is 4.79 Å². The van der Waals surface area contributed by atoms with E-state index in [0.29, 0.717) is 10.9 Å². The van der Waals surface area contributed by atoms with E-state index in [9.17, 15) is 13.6 Å². The van der Waals surface area contributed by atoms with Crippen molar-refractivity contribution in [3.63, 3.8) is 0 Å². The number of nitriles is 1. The standard InChI is InChI=1S/C11H8BrF2NO3/c1-17-10(16)8-2-6(4-12)7(5-15)3-9(8)18-11(13)14/h2-3,11H,4H2,1H3. The van der Waals surface area contributed by atoms with Gasteiger partial charge in [0, 0.05) is 5.33 Å². The third-order valence-corrected chi connectivity index (χ3v) is 2.70. The van der Waals surface area contributed by atoms with Crippen LogP contribution in [0.25, 0.3) is 0 Å². The quantitative estimate of drug-likeness (QED) is 0.632. The van der Waals surface area contributed by atoms with Crippen molar-refractivity contribution in [3.8, 4) is 11.8 Å². The van der Waals surface area contributed by atoms with Crippen molar-refractivity contribution < 1.29 is 23.0 Å². The van der Waals surface area contributed by atoms with Crippen LogP contribution in [-0.2, 0) is 10.1 Å². The van der Waals surface area contributed by atoms with Gasteiger partial charge < -0.3 is 9.47 Å². The minimum Gasteiger partial charge on any atom is -0.465 e. The fourth-order valence-corrected chi connectivity index (χ4v) is 1.77. The molecule has 0 heterocycles. The van der Waals surface area contributed by atoms with E-state index in [4.69, 9.17) is 5.26 Å². The molecule has 0 spiro atoms. The van der Waals surface area contributed by atoms with Gasteiger partial charge in [-0.2, -0.15) is 14.0 Å². The maximum Gasteiger partial charge on any atom is 0.387 e. The van der Waals surface area contributed by atoms with Gasteiger partial charge in [-0.3, -0.25) is 0 Å². The Labute approximate surface area is 110 Å². The highest BCUT2D eigenvalue weighted by molar-refractivity contribution is 9.08. The summed E-state index contributed by atoms with van der Waals surface area (Å²) in [4.78, 5) is 11.4. The monoisotopic (exact) mass is 319 g/mol. The van der Waals surface area contributed by atoms with Gasteiger partial charge in [-0.15, -0.1) is 0 Å². The molecule has 18 heavy (non-hydrogen) atoms. The van der Waals surface area contributed by atoms with Crippen molar-refractivity contribution in [2.24, 2.45) is 0 Å². The second-order valence-electron chi connectivity index (χ2n) is 3.12. The number of nitrogens with zero attached hydrogens (tertiary/aromatic N) is 1. The lowest BCUT2D eigenvalue weighted by Gasteiger charge is -2.11. The summed E-state index contributed by atoms with van der Waals surface area (Å²) in [5.41, 5.74) is 0.487. The van der Waals surface area contributed by atoms with Crippen LogP contribution < -0.4 is 4.74 Å². The first-order valence-corrected chi connectivity index (χ1v) is 5.81. The number of hydrogen-bond acceptors (Lipinski definition) is 4. The van der Waals surface area contributed by atoms with Crippen molar-refractivity contribution in [2.75, 3.05) is 7.11 Å². The van der Waals surface area contributed by atoms with Gasteiger partial charge >= 0.3 is 12.6 Å². The molecule has 0 fully saturated rings. The van der Waals surface area contributed by atoms with Gasteiger partial charge in [0.05, 0.1) is 18.7 Å². The Morgan fingerprint density at radius 2 is 2.22 bits per heavy atom. The van der Waals surface area contributed by atoms with Crippen LogP contribution in [0.15, 0.2) is 12.1 Å². The summed E-state index contributed by atoms with van der Waals surface area (Å²) in [5, 5.41) is 9.17. The first-order valence-electron chi connectivity index (χ1n) is 4.69. The molecule has 0 radical (unpaired) electrons. The van der Waals surface area contributed by atoms with Crippen LogP contribution in [0.5, 0.6) is 5.75 Å². The lowest BCUT2D eigenvalue weighted by Crippen LogP contribution is -2.10. The van der Waals surface area contributed by atoms with E-state index in [-0.39, 0.29) is 16.9 Å². The zero-order valence-electron chi connectivity index (χ0n) is 9.25. The number of halogens is 3. The van der Waals surface area contributed by atoms with Crippen molar-refractivity contribution in [1.82, 2.24) is 0 Å². The van der Waals surface area contributed by atoms with Crippen LogP contribution in [0, 0.1) is 11.3 Å². The average molecular weight is 320 g/mol. The van der Waals surface area contributed by atoms with Gasteiger partial charge in [0.15, 0.2) is 0 Å². The summed E-state index contributed by atoms with van der Waals surface area (Å²) in [5.74, 6) is -1.18. The summed E-state index contributed by atoms with van der Waals surface area (Å²) < 4.78 is 33.1. The summed E-state index contributed by atoms with van der Waals surface area (Å²) in [7, 11) is 1.13. The molecule has 0 aliphatic heterocycles. The first kappa shape index (κ1) is 14.4. The maximum atomic E-state index is 12.2. The van der Waals surface area contributed by atoms with E-state index < -0.39 is 12.6 Å². The molecule has 0 saturated heterocycles. The number of carbonyl (C=O) groups is 1. The number of benzene rings is 1. The molecule has 0 unspecified atom stereocenters. The molecule has 0 aliphatic carbocycles. The van der Waals surface area contributed by atoms with Crippen molar-refractivity contribution in [1.29, 1.82) is 5.26 Å². The van der Waals surface area contributed by atoms with Gasteiger partial charge in [-0.05, 0) is 17.7 Å². The van der Waals surface area contributed by atoms with Gasteiger partial charge in [-0.1, -0.05) is 15.9 Å². The molecule has 0 aliphatic rings. The average Bonchev–Trinajstić information content (AvgIpc) is 2.36. The predicted octanol–water partition coefficient (Wildman–Crippen LogP) is 2.84. The third-order valence-electron chi connectivity index (χ3n) is 2.09. The molecule has 0 atom stereocenters. The molecule has 96 valence electrons. The van der Waals surface area contributed by atoms with Crippen molar-refractivity contribution in [2.45, 2.75) is 11.9 Å². The Bertz CT molecular complexity index is 500. The topological polar surface area (TPSA) is 59.3 Å². The number of esters is 1. The van der Waals surface area contributed by atoms with Crippen LogP contribution in [0.3, 0.4) is 0 Å². The second kappa shape index (κ2) is 6.31. The lowest BCUT2D eigenvalue weighted by molar-refractivity contribution is -0.0504. The van der Waals surface area contributed by atoms with E-state index in [2.05, 4.69) is 25.4 Å². The highest BCUT2D eigenvalue weighted by Crippen LogP contribution is 2.27. The molecule has 4 nitrogen and oxygen atoms in total. The Morgan fingerprint density at radius 3 is 2.67 bits per heavy atom. The Kier molecular flexibility index (Phi) is 5.04. The van der Waals surface area contributed by atoms with Crippen molar-refractivity contribution in [3.05, 3.63) is 28.8 Å². The van der Waals surface area contributed by atoms with Gasteiger partial charge in [0.1, 0.15) is 11.3 Å². The minimum atomic E-state index is -3.09. The Morgan fingerprint density at radius 1 is 1.56 bits per heavy atom. The SMILES string of the molecule is COC(=O)c1cc(CBr)c(C#N)cc1OC(F)F. The van der Waals surface area contributed by atoms with E-state index in [1.165, 1.54) is 6.07 Å². The molecule has 1 aromatic carbocycles. The normalized spacial score (nSPS) is 10.0. The molecular weight excluding hydrogens is 312 g/mol. The number of rotatable bonds is 4. The molecule has 0 aromatic heterocycles. The summed E-state index contributed by atoms with van der Waals surface area (Å²) >= 11 is 3.14. The third kappa shape index (κ3) is 3.17. The molecule has 7 heteroatoms. The fourth-order valence-electron chi connectivity index (χ4n) is 1.30. The van der Waals surface area contributed by atoms with Crippen LogP contribution in [0.1, 0.15) is 21.5 Å². The smallest absolute Gasteiger partial charge is 0.387 e. The first-order chi connectivity index (χ1) is 8.53. The summed E-state index contributed by atoms with van der Waals surface area (Å²) in [6.07, 6.45) is 0. The molecule has 1 rings (SSSR count). The zero-order valence-corrected chi connectivity index (χ0v) is 10.8. The fraction of sp³-hybridized carbons (Fsp3) is 0.273. The zero-order chi connectivity index (χ0) is 13.7.